The molecule has 0 amide bonds. The molecule has 0 aromatic heterocycles. The summed E-state index contributed by atoms with van der Waals surface area (Å²) < 4.78 is 50.3. The Kier molecular flexibility index (Phi) is 7.69. The molecule has 0 bridgehead atoms. The number of hydrogen-bond acceptors (Lipinski definition) is 5. The van der Waals surface area contributed by atoms with Crippen molar-refractivity contribution in [3.63, 3.8) is 0 Å². The maximum Gasteiger partial charge on any atom is 0.416 e. The third-order valence-corrected chi connectivity index (χ3v) is 3.56. The Bertz CT molecular complexity index is 762. The highest BCUT2D eigenvalue weighted by molar-refractivity contribution is 5.68. The van der Waals surface area contributed by atoms with Crippen LogP contribution >= 0.6 is 0 Å². The molecule has 0 fully saturated rings. The molecule has 2 aromatic carbocycles. The van der Waals surface area contributed by atoms with Gasteiger partial charge in [-0.1, -0.05) is 32.0 Å². The fraction of sp³-hybridized carbons (Fsp3) is 0.350. The minimum absolute atomic E-state index is 0.0495. The third kappa shape index (κ3) is 6.77. The van der Waals surface area contributed by atoms with Crippen LogP contribution in [0.2, 0.25) is 0 Å². The molecular weight excluding hydrogens is 377 g/mol. The molecule has 1 unspecified atom stereocenters. The van der Waals surface area contributed by atoms with Crippen molar-refractivity contribution in [1.82, 2.24) is 0 Å². The number of benzene rings is 2. The van der Waals surface area contributed by atoms with Gasteiger partial charge in [-0.2, -0.15) is 18.1 Å². The number of alkyl halides is 3. The van der Waals surface area contributed by atoms with E-state index in [0.717, 1.165) is 12.1 Å². The van der Waals surface area contributed by atoms with Crippen molar-refractivity contribution in [2.24, 2.45) is 5.92 Å². The van der Waals surface area contributed by atoms with Crippen LogP contribution in [0.3, 0.4) is 0 Å². The third-order valence-electron chi connectivity index (χ3n) is 3.56. The number of halogens is 3. The van der Waals surface area contributed by atoms with Crippen molar-refractivity contribution in [1.29, 1.82) is 0 Å². The average molecular weight is 398 g/mol. The molecule has 0 radical (unpaired) electrons. The first-order valence-corrected chi connectivity index (χ1v) is 8.68. The predicted octanol–water partition coefficient (Wildman–Crippen LogP) is 5.40. The Morgan fingerprint density at radius 2 is 1.75 bits per heavy atom. The first-order chi connectivity index (χ1) is 13.3. The number of rotatable bonds is 9. The van der Waals surface area contributed by atoms with E-state index in [2.05, 4.69) is 4.89 Å². The molecule has 0 aliphatic rings. The lowest BCUT2D eigenvalue weighted by molar-refractivity contribution is -0.277. The van der Waals surface area contributed by atoms with Crippen LogP contribution in [0.1, 0.15) is 25.8 Å². The Labute approximate surface area is 160 Å². The zero-order valence-electron chi connectivity index (χ0n) is 15.5. The minimum atomic E-state index is -4.50. The predicted molar refractivity (Wildman–Crippen MR) is 95.0 cm³/mol. The molecule has 0 N–H and O–H groups in total. The molecule has 0 heterocycles. The molecule has 152 valence electrons. The fourth-order valence-electron chi connectivity index (χ4n) is 2.05. The molecule has 2 aromatic rings. The van der Waals surface area contributed by atoms with Crippen LogP contribution in [0.15, 0.2) is 48.5 Å². The summed E-state index contributed by atoms with van der Waals surface area (Å²) >= 11 is 0. The van der Waals surface area contributed by atoms with Crippen LogP contribution in [0.4, 0.5) is 13.2 Å². The normalized spacial score (nSPS) is 12.3. The van der Waals surface area contributed by atoms with Gasteiger partial charge in [0.2, 0.25) is 0 Å². The van der Waals surface area contributed by atoms with Crippen molar-refractivity contribution in [2.75, 3.05) is 13.2 Å². The van der Waals surface area contributed by atoms with E-state index >= 15 is 0 Å². The van der Waals surface area contributed by atoms with E-state index in [1.54, 1.807) is 44.2 Å². The second kappa shape index (κ2) is 9.98. The van der Waals surface area contributed by atoms with Gasteiger partial charge in [-0.05, 0) is 30.3 Å². The van der Waals surface area contributed by atoms with Gasteiger partial charge in [-0.25, -0.2) is 4.79 Å². The van der Waals surface area contributed by atoms with E-state index < -0.39 is 17.7 Å². The Hall–Kier alpha value is -2.74. The van der Waals surface area contributed by atoms with E-state index in [1.165, 1.54) is 6.07 Å². The van der Waals surface area contributed by atoms with Crippen LogP contribution in [-0.4, -0.2) is 19.2 Å². The summed E-state index contributed by atoms with van der Waals surface area (Å²) in [5, 5.41) is 0. The molecule has 0 saturated carbocycles. The van der Waals surface area contributed by atoms with Crippen molar-refractivity contribution < 1.29 is 37.2 Å². The second-order valence-corrected chi connectivity index (χ2v) is 6.08. The zero-order valence-corrected chi connectivity index (χ0v) is 15.5. The van der Waals surface area contributed by atoms with E-state index in [0.29, 0.717) is 5.75 Å². The molecule has 2 rings (SSSR count). The van der Waals surface area contributed by atoms with Crippen LogP contribution < -0.4 is 9.47 Å². The van der Waals surface area contributed by atoms with Gasteiger partial charge in [0.25, 0.3) is 0 Å². The van der Waals surface area contributed by atoms with Crippen molar-refractivity contribution in [3.8, 4) is 17.2 Å². The van der Waals surface area contributed by atoms with Gasteiger partial charge in [0.15, 0.2) is 11.5 Å². The molecule has 0 aliphatic heterocycles. The topological polar surface area (TPSA) is 54.0 Å². The van der Waals surface area contributed by atoms with E-state index in [9.17, 15) is 18.0 Å². The molecule has 5 nitrogen and oxygen atoms in total. The van der Waals surface area contributed by atoms with E-state index in [4.69, 9.17) is 14.4 Å². The average Bonchev–Trinajstić information content (AvgIpc) is 2.66. The zero-order chi connectivity index (χ0) is 20.6. The van der Waals surface area contributed by atoms with Gasteiger partial charge < -0.3 is 9.47 Å². The molecule has 0 saturated heterocycles. The molecule has 1 atom stereocenters. The first kappa shape index (κ1) is 21.6. The van der Waals surface area contributed by atoms with Crippen LogP contribution in [-0.2, 0) is 20.7 Å². The van der Waals surface area contributed by atoms with Gasteiger partial charge in [0.1, 0.15) is 5.75 Å². The summed E-state index contributed by atoms with van der Waals surface area (Å²) in [5.74, 6) is -0.179. The fourth-order valence-corrected chi connectivity index (χ4v) is 2.05. The number of carbonyl (C=O) groups is 1. The molecule has 28 heavy (non-hydrogen) atoms. The SMILES string of the molecule is CCC(=O)OOCC(C)COc1ccc(C(F)(F)F)cc1Oc1ccccc1. The van der Waals surface area contributed by atoms with Gasteiger partial charge >= 0.3 is 12.1 Å². The monoisotopic (exact) mass is 398 g/mol. The molecule has 0 aliphatic carbocycles. The Morgan fingerprint density at radius 1 is 1.04 bits per heavy atom. The van der Waals surface area contributed by atoms with E-state index in [-0.39, 0.29) is 37.1 Å². The van der Waals surface area contributed by atoms with Gasteiger partial charge in [0, 0.05) is 12.3 Å². The quantitative estimate of drug-likeness (QED) is 0.418. The van der Waals surface area contributed by atoms with E-state index in [1.807, 2.05) is 0 Å². The van der Waals surface area contributed by atoms with Crippen molar-refractivity contribution in [3.05, 3.63) is 54.1 Å². The summed E-state index contributed by atoms with van der Waals surface area (Å²) in [6, 6.07) is 11.5. The smallest absolute Gasteiger partial charge is 0.416 e. The number of para-hydroxylation sites is 1. The van der Waals surface area contributed by atoms with Gasteiger partial charge in [-0.15, -0.1) is 0 Å². The highest BCUT2D eigenvalue weighted by Crippen LogP contribution is 2.38. The highest BCUT2D eigenvalue weighted by atomic mass is 19.4. The molecule has 0 spiro atoms. The maximum absolute atomic E-state index is 13.0. The molecular formula is C20H21F3O5. The van der Waals surface area contributed by atoms with Gasteiger partial charge in [-0.3, -0.25) is 4.89 Å². The van der Waals surface area contributed by atoms with Gasteiger partial charge in [0.05, 0.1) is 18.8 Å². The number of hydrogen-bond donors (Lipinski definition) is 0. The van der Waals surface area contributed by atoms with Crippen LogP contribution in [0.5, 0.6) is 17.2 Å². The minimum Gasteiger partial charge on any atom is -0.489 e. The Morgan fingerprint density at radius 3 is 2.39 bits per heavy atom. The number of carbonyl (C=O) groups excluding carboxylic acids is 1. The summed E-state index contributed by atoms with van der Waals surface area (Å²) in [7, 11) is 0. The Balaban J connectivity index is 2.06. The lowest BCUT2D eigenvalue weighted by Crippen LogP contribution is -2.17. The number of ether oxygens (including phenoxy) is 2. The largest absolute Gasteiger partial charge is 0.489 e. The highest BCUT2D eigenvalue weighted by Gasteiger charge is 2.31. The van der Waals surface area contributed by atoms with Crippen molar-refractivity contribution >= 4 is 5.97 Å². The second-order valence-electron chi connectivity index (χ2n) is 6.08. The van der Waals surface area contributed by atoms with Crippen LogP contribution in [0.25, 0.3) is 0 Å². The molecule has 8 heteroatoms. The summed E-state index contributed by atoms with van der Waals surface area (Å²) in [5.41, 5.74) is -0.839. The lowest BCUT2D eigenvalue weighted by Gasteiger charge is -2.17. The maximum atomic E-state index is 13.0. The van der Waals surface area contributed by atoms with Crippen molar-refractivity contribution in [2.45, 2.75) is 26.4 Å². The first-order valence-electron chi connectivity index (χ1n) is 8.68. The summed E-state index contributed by atoms with van der Waals surface area (Å²) in [6.45, 7) is 3.63. The summed E-state index contributed by atoms with van der Waals surface area (Å²) in [6.07, 6.45) is -4.31. The standard InChI is InChI=1S/C20H21F3O5/c1-3-19(24)28-26-13-14(2)12-25-17-10-9-15(20(21,22)23)11-18(17)27-16-7-5-4-6-8-16/h4-11,14H,3,12-13H2,1-2H3. The lowest BCUT2D eigenvalue weighted by atomic mass is 10.2. The van der Waals surface area contributed by atoms with Crippen LogP contribution in [0, 0.1) is 5.92 Å². The summed E-state index contributed by atoms with van der Waals surface area (Å²) in [4.78, 5) is 20.4.